The molecule has 0 aromatic heterocycles. The van der Waals surface area contributed by atoms with Crippen LogP contribution in [-0.2, 0) is 0 Å². The topological polar surface area (TPSA) is 34.1 Å². The first kappa shape index (κ1) is 15.7. The quantitative estimate of drug-likeness (QED) is 0.473. The first-order valence-corrected chi connectivity index (χ1v) is 7.13. The lowest BCUT2D eigenvalue weighted by atomic mass is 9.84. The molecule has 2 aromatic rings. The van der Waals surface area contributed by atoms with Gasteiger partial charge in [0, 0.05) is 27.7 Å². The maximum Gasteiger partial charge on any atom is 0.168 e. The van der Waals surface area contributed by atoms with Crippen molar-refractivity contribution in [1.82, 2.24) is 0 Å². The lowest BCUT2D eigenvalue weighted by Crippen LogP contribution is -2.21. The molecule has 0 bridgehead atoms. The van der Waals surface area contributed by atoms with Crippen molar-refractivity contribution >= 4 is 12.1 Å². The van der Waals surface area contributed by atoms with Crippen LogP contribution in [0.3, 0.4) is 0 Å². The van der Waals surface area contributed by atoms with Gasteiger partial charge in [0.05, 0.1) is 0 Å². The van der Waals surface area contributed by atoms with Crippen LogP contribution in [0.2, 0.25) is 0 Å². The summed E-state index contributed by atoms with van der Waals surface area (Å²) >= 11 is 0. The van der Waals surface area contributed by atoms with E-state index in [1.165, 1.54) is 0 Å². The summed E-state index contributed by atoms with van der Waals surface area (Å²) in [7, 11) is 0. The van der Waals surface area contributed by atoms with Crippen LogP contribution >= 0.6 is 0 Å². The molecule has 0 aliphatic heterocycles. The fourth-order valence-corrected chi connectivity index (χ4v) is 2.01. The minimum Gasteiger partial charge on any atom is -0.298 e. The van der Waals surface area contributed by atoms with Gasteiger partial charge in [0.2, 0.25) is 0 Å². The molecule has 0 saturated heterocycles. The van der Waals surface area contributed by atoms with Crippen LogP contribution in [0.5, 0.6) is 0 Å². The maximum atomic E-state index is 12.3. The maximum absolute atomic E-state index is 12.3. The average Bonchev–Trinajstić information content (AvgIpc) is 2.52. The van der Waals surface area contributed by atoms with Crippen LogP contribution in [0.15, 0.2) is 48.5 Å². The monoisotopic (exact) mass is 290 g/mol. The summed E-state index contributed by atoms with van der Waals surface area (Å²) in [6.07, 6.45) is 0.715. The molecule has 0 heterocycles. The van der Waals surface area contributed by atoms with Crippen molar-refractivity contribution < 1.29 is 9.59 Å². The van der Waals surface area contributed by atoms with Crippen LogP contribution in [0.1, 0.15) is 52.6 Å². The van der Waals surface area contributed by atoms with Crippen molar-refractivity contribution in [3.05, 3.63) is 70.8 Å². The second-order valence-electron chi connectivity index (χ2n) is 6.12. The molecule has 0 spiro atoms. The molecule has 0 radical (unpaired) electrons. The number of benzene rings is 2. The zero-order chi connectivity index (χ0) is 16.2. The number of aldehydes is 1. The molecule has 0 N–H and O–H groups in total. The Morgan fingerprint density at radius 3 is 2.18 bits per heavy atom. The van der Waals surface area contributed by atoms with Crippen LogP contribution < -0.4 is 0 Å². The molecule has 2 rings (SSSR count). The zero-order valence-electron chi connectivity index (χ0n) is 13.0. The van der Waals surface area contributed by atoms with E-state index in [1.54, 1.807) is 18.2 Å². The van der Waals surface area contributed by atoms with Gasteiger partial charge in [0.25, 0.3) is 0 Å². The lowest BCUT2D eigenvalue weighted by Gasteiger charge is -2.17. The van der Waals surface area contributed by atoms with Gasteiger partial charge in [-0.25, -0.2) is 0 Å². The Kier molecular flexibility index (Phi) is 4.58. The Morgan fingerprint density at radius 1 is 0.955 bits per heavy atom. The number of carbonyl (C=O) groups excluding carboxylic acids is 2. The summed E-state index contributed by atoms with van der Waals surface area (Å²) < 4.78 is 0. The Balaban J connectivity index is 2.37. The Morgan fingerprint density at radius 2 is 1.59 bits per heavy atom. The first-order chi connectivity index (χ1) is 10.4. The van der Waals surface area contributed by atoms with Gasteiger partial charge < -0.3 is 0 Å². The zero-order valence-corrected chi connectivity index (χ0v) is 13.0. The highest BCUT2D eigenvalue weighted by Gasteiger charge is 2.24. The molecule has 2 heteroatoms. The van der Waals surface area contributed by atoms with Gasteiger partial charge in [-0.1, -0.05) is 50.8 Å². The molecule has 0 unspecified atom stereocenters. The first-order valence-electron chi connectivity index (χ1n) is 7.13. The van der Waals surface area contributed by atoms with E-state index in [9.17, 15) is 9.59 Å². The predicted molar refractivity (Wildman–Crippen MR) is 88.0 cm³/mol. The Labute approximate surface area is 131 Å². The number of ketones is 1. The van der Waals surface area contributed by atoms with Crippen molar-refractivity contribution in [2.75, 3.05) is 0 Å². The van der Waals surface area contributed by atoms with Gasteiger partial charge >= 0.3 is 0 Å². The minimum absolute atomic E-state index is 0.0443. The van der Waals surface area contributed by atoms with E-state index in [1.807, 2.05) is 51.1 Å². The van der Waals surface area contributed by atoms with Crippen LogP contribution in [0, 0.1) is 17.3 Å². The average molecular weight is 290 g/mol. The third-order valence-corrected chi connectivity index (χ3v) is 3.23. The largest absolute Gasteiger partial charge is 0.298 e. The van der Waals surface area contributed by atoms with E-state index in [0.717, 1.165) is 11.1 Å². The third-order valence-electron chi connectivity index (χ3n) is 3.23. The summed E-state index contributed by atoms with van der Waals surface area (Å²) in [5.74, 6) is 6.02. The molecule has 2 nitrogen and oxygen atoms in total. The van der Waals surface area contributed by atoms with Crippen molar-refractivity contribution in [3.63, 3.8) is 0 Å². The number of Topliss-reactive ketones (excluding diaryl/α,β-unsaturated/α-hetero) is 1. The van der Waals surface area contributed by atoms with Crippen molar-refractivity contribution in [3.8, 4) is 11.8 Å². The van der Waals surface area contributed by atoms with Crippen LogP contribution in [0.4, 0.5) is 0 Å². The van der Waals surface area contributed by atoms with E-state index in [4.69, 9.17) is 0 Å². The molecule has 0 atom stereocenters. The van der Waals surface area contributed by atoms with E-state index >= 15 is 0 Å². The molecule has 110 valence electrons. The van der Waals surface area contributed by atoms with E-state index in [-0.39, 0.29) is 5.78 Å². The normalized spacial score (nSPS) is 10.5. The van der Waals surface area contributed by atoms with Crippen LogP contribution in [0.25, 0.3) is 0 Å². The molecular weight excluding hydrogens is 272 g/mol. The fraction of sp³-hybridized carbons (Fsp3) is 0.200. The second-order valence-corrected chi connectivity index (χ2v) is 6.12. The highest BCUT2D eigenvalue weighted by atomic mass is 16.1. The minimum atomic E-state index is -0.519. The van der Waals surface area contributed by atoms with E-state index in [0.29, 0.717) is 17.4 Å². The van der Waals surface area contributed by atoms with Gasteiger partial charge in [0.1, 0.15) is 0 Å². The van der Waals surface area contributed by atoms with Gasteiger partial charge in [-0.2, -0.15) is 0 Å². The highest BCUT2D eigenvalue weighted by molar-refractivity contribution is 6.05. The summed E-state index contributed by atoms with van der Waals surface area (Å²) in [6, 6.07) is 14.8. The molecular formula is C20H18O2. The summed E-state index contributed by atoms with van der Waals surface area (Å²) in [6.45, 7) is 5.52. The summed E-state index contributed by atoms with van der Waals surface area (Å²) in [5, 5.41) is 0. The van der Waals surface area contributed by atoms with Gasteiger partial charge in [-0.05, 0) is 30.3 Å². The standard InChI is InChI=1S/C20H18O2/c1-20(2,3)19(22)18-12-11-16(13-17(18)14-21)10-9-15-7-5-4-6-8-15/h4-8,11-14H,1-3H3. The molecule has 2 aromatic carbocycles. The second kappa shape index (κ2) is 6.41. The smallest absolute Gasteiger partial charge is 0.168 e. The van der Waals surface area contributed by atoms with E-state index in [2.05, 4.69) is 11.8 Å². The fourth-order valence-electron chi connectivity index (χ4n) is 2.01. The van der Waals surface area contributed by atoms with Gasteiger partial charge in [0.15, 0.2) is 12.1 Å². The Hall–Kier alpha value is -2.66. The van der Waals surface area contributed by atoms with Crippen molar-refractivity contribution in [1.29, 1.82) is 0 Å². The number of hydrogen-bond acceptors (Lipinski definition) is 2. The van der Waals surface area contributed by atoms with E-state index < -0.39 is 5.41 Å². The molecule has 0 aliphatic rings. The number of rotatable bonds is 2. The van der Waals surface area contributed by atoms with Gasteiger partial charge in [-0.3, -0.25) is 9.59 Å². The van der Waals surface area contributed by atoms with Gasteiger partial charge in [-0.15, -0.1) is 0 Å². The SMILES string of the molecule is CC(C)(C)C(=O)c1ccc(C#Cc2ccccc2)cc1C=O. The predicted octanol–water partition coefficient (Wildman–Crippen LogP) is 4.13. The number of carbonyl (C=O) groups is 2. The van der Waals surface area contributed by atoms with Crippen LogP contribution in [-0.4, -0.2) is 12.1 Å². The Bertz CT molecular complexity index is 754. The molecule has 0 aliphatic carbocycles. The summed E-state index contributed by atoms with van der Waals surface area (Å²) in [4.78, 5) is 23.6. The van der Waals surface area contributed by atoms with Crippen molar-refractivity contribution in [2.24, 2.45) is 5.41 Å². The highest BCUT2D eigenvalue weighted by Crippen LogP contribution is 2.23. The van der Waals surface area contributed by atoms with Crippen molar-refractivity contribution in [2.45, 2.75) is 20.8 Å². The number of hydrogen-bond donors (Lipinski definition) is 0. The third kappa shape index (κ3) is 3.71. The molecule has 0 amide bonds. The summed E-state index contributed by atoms with van der Waals surface area (Å²) in [5.41, 5.74) is 1.95. The molecule has 22 heavy (non-hydrogen) atoms. The lowest BCUT2D eigenvalue weighted by molar-refractivity contribution is 0.0855. The molecule has 0 saturated carbocycles. The molecule has 0 fully saturated rings.